The number of aromatic nitrogens is 2. The Hall–Kier alpha value is -5.74. The van der Waals surface area contributed by atoms with Crippen LogP contribution >= 0.6 is 0 Å². The van der Waals surface area contributed by atoms with Gasteiger partial charge in [-0.1, -0.05) is 42.5 Å². The Labute approximate surface area is 299 Å². The minimum atomic E-state index is -4.75. The number of hydrogen-bond donors (Lipinski definition) is 2. The molecule has 0 bridgehead atoms. The zero-order valence-corrected chi connectivity index (χ0v) is 28.3. The van der Waals surface area contributed by atoms with E-state index < -0.39 is 50.9 Å². The van der Waals surface area contributed by atoms with E-state index in [4.69, 9.17) is 0 Å². The lowest BCUT2D eigenvalue weighted by atomic mass is 10.0. The van der Waals surface area contributed by atoms with Gasteiger partial charge in [0.2, 0.25) is 10.0 Å². The van der Waals surface area contributed by atoms with Crippen molar-refractivity contribution in [2.24, 2.45) is 0 Å². The van der Waals surface area contributed by atoms with Crippen molar-refractivity contribution in [1.29, 1.82) is 0 Å². The van der Waals surface area contributed by atoms with Crippen molar-refractivity contribution < 1.29 is 44.3 Å². The highest BCUT2D eigenvalue weighted by atomic mass is 32.2. The SMILES string of the molecule is O=C(Nc1cccc(C(F)(F)F)c1)C(=Cc1cn(-c2ccccc2)nc1-c1cccc(S(=O)(=O)N2CCCC2)c1)C(=O)Nc1cccc(C(F)(F)F)c1. The standard InChI is InChI=1S/C37H29F6N5O4S/c38-36(39,40)26-10-7-12-28(21-26)44-34(49)32(35(50)45-29-13-8-11-27(22-29)37(41,42)43)20-25-23-48(30-14-2-1-3-15-30)46-33(25)24-9-6-16-31(19-24)53(51,52)47-17-4-5-18-47/h1-3,6-16,19-23H,4-5,17-18H2,(H,44,49)(H,45,50). The Morgan fingerprint density at radius 2 is 1.25 bits per heavy atom. The largest absolute Gasteiger partial charge is 0.416 e. The first-order valence-corrected chi connectivity index (χ1v) is 17.5. The summed E-state index contributed by atoms with van der Waals surface area (Å²) in [6.45, 7) is 0.711. The number of rotatable bonds is 9. The van der Waals surface area contributed by atoms with Crippen LogP contribution in [0.2, 0.25) is 0 Å². The van der Waals surface area contributed by atoms with Crippen LogP contribution in [0.15, 0.2) is 120 Å². The van der Waals surface area contributed by atoms with E-state index in [0.29, 0.717) is 43.8 Å². The van der Waals surface area contributed by atoms with Gasteiger partial charge < -0.3 is 10.6 Å². The van der Waals surface area contributed by atoms with Gasteiger partial charge in [0.05, 0.1) is 21.7 Å². The first-order valence-electron chi connectivity index (χ1n) is 16.0. The van der Waals surface area contributed by atoms with Crippen LogP contribution in [0.5, 0.6) is 0 Å². The van der Waals surface area contributed by atoms with E-state index in [-0.39, 0.29) is 33.1 Å². The molecule has 0 radical (unpaired) electrons. The Balaban J connectivity index is 1.47. The predicted molar refractivity (Wildman–Crippen MR) is 185 cm³/mol. The molecule has 16 heteroatoms. The van der Waals surface area contributed by atoms with Gasteiger partial charge in [-0.15, -0.1) is 0 Å². The zero-order valence-electron chi connectivity index (χ0n) is 27.4. The molecule has 1 aromatic heterocycles. The monoisotopic (exact) mass is 753 g/mol. The van der Waals surface area contributed by atoms with E-state index in [1.165, 1.54) is 45.5 Å². The second-order valence-electron chi connectivity index (χ2n) is 12.0. The molecule has 1 aliphatic rings. The molecule has 6 rings (SSSR count). The molecule has 1 saturated heterocycles. The van der Waals surface area contributed by atoms with Gasteiger partial charge in [0.25, 0.3) is 11.8 Å². The number of carbonyl (C=O) groups is 2. The van der Waals surface area contributed by atoms with Crippen molar-refractivity contribution in [3.05, 3.63) is 132 Å². The average molecular weight is 754 g/mol. The van der Waals surface area contributed by atoms with Crippen LogP contribution in [0, 0.1) is 0 Å². The maximum Gasteiger partial charge on any atom is 0.416 e. The number of sulfonamides is 1. The molecule has 0 spiro atoms. The van der Waals surface area contributed by atoms with Crippen LogP contribution in [-0.4, -0.2) is 47.4 Å². The van der Waals surface area contributed by atoms with E-state index >= 15 is 0 Å². The van der Waals surface area contributed by atoms with Crippen LogP contribution in [0.3, 0.4) is 0 Å². The van der Waals surface area contributed by atoms with Crippen LogP contribution in [0.4, 0.5) is 37.7 Å². The third-order valence-corrected chi connectivity index (χ3v) is 10.2. The minimum Gasteiger partial charge on any atom is -0.322 e. The van der Waals surface area contributed by atoms with Crippen molar-refractivity contribution in [3.63, 3.8) is 0 Å². The lowest BCUT2D eigenvalue weighted by Crippen LogP contribution is -2.27. The number of carbonyl (C=O) groups excluding carboxylic acids is 2. The summed E-state index contributed by atoms with van der Waals surface area (Å²) < 4.78 is 110. The van der Waals surface area contributed by atoms with Gasteiger partial charge in [-0.2, -0.15) is 35.7 Å². The highest BCUT2D eigenvalue weighted by Gasteiger charge is 2.32. The molecule has 2 amide bonds. The molecule has 4 aromatic carbocycles. The second-order valence-corrected chi connectivity index (χ2v) is 13.9. The second kappa shape index (κ2) is 14.7. The van der Waals surface area contributed by atoms with Crippen molar-refractivity contribution >= 4 is 39.3 Å². The van der Waals surface area contributed by atoms with Crippen molar-refractivity contribution in [3.8, 4) is 16.9 Å². The van der Waals surface area contributed by atoms with Crippen molar-refractivity contribution in [2.75, 3.05) is 23.7 Å². The third kappa shape index (κ3) is 8.50. The number of anilines is 2. The maximum absolute atomic E-state index is 13.8. The Kier molecular flexibility index (Phi) is 10.3. The molecule has 0 atom stereocenters. The number of halogens is 6. The fourth-order valence-corrected chi connectivity index (χ4v) is 7.21. The molecular weight excluding hydrogens is 724 g/mol. The Morgan fingerprint density at radius 3 is 1.79 bits per heavy atom. The predicted octanol–water partition coefficient (Wildman–Crippen LogP) is 8.02. The van der Waals surface area contributed by atoms with Gasteiger partial charge in [0.15, 0.2) is 0 Å². The lowest BCUT2D eigenvalue weighted by molar-refractivity contribution is -0.138. The fraction of sp³-hybridized carbons (Fsp3) is 0.162. The lowest BCUT2D eigenvalue weighted by Gasteiger charge is -2.16. The molecule has 0 aliphatic carbocycles. The van der Waals surface area contributed by atoms with Gasteiger partial charge in [-0.05, 0) is 79.6 Å². The molecule has 9 nitrogen and oxygen atoms in total. The Bertz CT molecular complexity index is 2220. The van der Waals surface area contributed by atoms with Gasteiger partial charge in [-0.25, -0.2) is 13.1 Å². The molecule has 5 aromatic rings. The summed E-state index contributed by atoms with van der Waals surface area (Å²) >= 11 is 0. The topological polar surface area (TPSA) is 113 Å². The third-order valence-electron chi connectivity index (χ3n) is 8.26. The quantitative estimate of drug-likeness (QED) is 0.0686. The summed E-state index contributed by atoms with van der Waals surface area (Å²) in [5, 5.41) is 9.19. The van der Waals surface area contributed by atoms with Crippen molar-refractivity contribution in [1.82, 2.24) is 14.1 Å². The Morgan fingerprint density at radius 1 is 0.698 bits per heavy atom. The summed E-state index contributed by atoms with van der Waals surface area (Å²) in [6, 6.07) is 21.9. The molecule has 0 saturated carbocycles. The molecule has 53 heavy (non-hydrogen) atoms. The van der Waals surface area contributed by atoms with E-state index in [1.807, 2.05) is 0 Å². The number of nitrogens with zero attached hydrogens (tertiary/aromatic N) is 3. The molecule has 274 valence electrons. The number of nitrogens with one attached hydrogen (secondary N) is 2. The van der Waals surface area contributed by atoms with Crippen molar-refractivity contribution in [2.45, 2.75) is 30.1 Å². The van der Waals surface area contributed by atoms with Gasteiger partial charge >= 0.3 is 12.4 Å². The molecule has 1 aliphatic heterocycles. The number of hydrogen-bond acceptors (Lipinski definition) is 5. The van der Waals surface area contributed by atoms with Crippen LogP contribution < -0.4 is 10.6 Å². The average Bonchev–Trinajstić information content (AvgIpc) is 3.82. The summed E-state index contributed by atoms with van der Waals surface area (Å²) in [6.07, 6.45) is -5.56. The first kappa shape index (κ1) is 37.0. The summed E-state index contributed by atoms with van der Waals surface area (Å²) in [5.41, 5.74) is -2.48. The number of amides is 2. The van der Waals surface area contributed by atoms with Crippen LogP contribution in [-0.2, 0) is 32.0 Å². The summed E-state index contributed by atoms with van der Waals surface area (Å²) in [7, 11) is -3.88. The molecule has 1 fully saturated rings. The summed E-state index contributed by atoms with van der Waals surface area (Å²) in [4.78, 5) is 27.5. The van der Waals surface area contributed by atoms with Gasteiger partial charge in [0.1, 0.15) is 11.3 Å². The highest BCUT2D eigenvalue weighted by Crippen LogP contribution is 2.33. The zero-order chi connectivity index (χ0) is 38.0. The first-order chi connectivity index (χ1) is 25.1. The maximum atomic E-state index is 13.8. The normalized spacial score (nSPS) is 13.8. The minimum absolute atomic E-state index is 0.0223. The fourth-order valence-electron chi connectivity index (χ4n) is 5.64. The van der Waals surface area contributed by atoms with E-state index in [9.17, 15) is 44.3 Å². The molecule has 0 unspecified atom stereocenters. The molecule has 2 N–H and O–H groups in total. The molecule has 2 heterocycles. The smallest absolute Gasteiger partial charge is 0.322 e. The van der Waals surface area contributed by atoms with E-state index in [2.05, 4.69) is 15.7 Å². The molecular formula is C37H29F6N5O4S. The van der Waals surface area contributed by atoms with Crippen LogP contribution in [0.25, 0.3) is 23.0 Å². The number of benzene rings is 4. The van der Waals surface area contributed by atoms with Crippen LogP contribution in [0.1, 0.15) is 29.5 Å². The highest BCUT2D eigenvalue weighted by molar-refractivity contribution is 7.89. The van der Waals surface area contributed by atoms with Gasteiger partial charge in [0, 0.05) is 41.8 Å². The van der Waals surface area contributed by atoms with E-state index in [0.717, 1.165) is 30.3 Å². The number of alkyl halides is 6. The number of para-hydroxylation sites is 1. The van der Waals surface area contributed by atoms with Gasteiger partial charge in [-0.3, -0.25) is 9.59 Å². The van der Waals surface area contributed by atoms with E-state index in [1.54, 1.807) is 36.4 Å². The summed E-state index contributed by atoms with van der Waals surface area (Å²) in [5.74, 6) is -2.39.